The number of benzene rings is 2. The second kappa shape index (κ2) is 9.36. The minimum Gasteiger partial charge on any atom is -0.296 e. The molecular formula is C21H24N4O3S2. The number of hydrogen-bond donors (Lipinski definition) is 1. The van der Waals surface area contributed by atoms with E-state index in [0.29, 0.717) is 16.7 Å². The molecule has 1 amide bonds. The number of nitrogens with one attached hydrogen (secondary N) is 1. The first-order chi connectivity index (χ1) is 14.4. The number of hydrogen-bond acceptors (Lipinski definition) is 6. The minimum absolute atomic E-state index is 0.0384. The molecule has 2 aromatic carbocycles. The van der Waals surface area contributed by atoms with Gasteiger partial charge in [0, 0.05) is 18.5 Å². The van der Waals surface area contributed by atoms with Crippen molar-refractivity contribution in [1.29, 1.82) is 0 Å². The molecule has 0 saturated carbocycles. The van der Waals surface area contributed by atoms with E-state index in [9.17, 15) is 13.2 Å². The average Bonchev–Trinajstić information content (AvgIpc) is 3.23. The predicted octanol–water partition coefficient (Wildman–Crippen LogP) is 4.52. The van der Waals surface area contributed by atoms with E-state index in [-0.39, 0.29) is 10.5 Å². The van der Waals surface area contributed by atoms with Crippen molar-refractivity contribution in [3.8, 4) is 0 Å². The highest BCUT2D eigenvalue weighted by atomic mass is 32.2. The number of anilines is 2. The van der Waals surface area contributed by atoms with Crippen LogP contribution in [0.5, 0.6) is 0 Å². The Morgan fingerprint density at radius 2 is 1.77 bits per heavy atom. The monoisotopic (exact) mass is 444 g/mol. The molecule has 7 nitrogen and oxygen atoms in total. The van der Waals surface area contributed by atoms with Crippen LogP contribution in [0.1, 0.15) is 48.0 Å². The number of aromatic nitrogens is 2. The number of carbonyl (C=O) groups is 1. The first kappa shape index (κ1) is 21.9. The van der Waals surface area contributed by atoms with Crippen molar-refractivity contribution >= 4 is 38.1 Å². The fraction of sp³-hybridized carbons (Fsp3) is 0.286. The van der Waals surface area contributed by atoms with Gasteiger partial charge in [-0.2, -0.15) is 0 Å². The van der Waals surface area contributed by atoms with Crippen LogP contribution in [-0.2, 0) is 10.0 Å². The molecule has 9 heteroatoms. The number of carbonyl (C=O) groups excluding carboxylic acids is 1. The summed E-state index contributed by atoms with van der Waals surface area (Å²) in [6.07, 6.45) is 1.90. The highest BCUT2D eigenvalue weighted by molar-refractivity contribution is 7.92. The van der Waals surface area contributed by atoms with Gasteiger partial charge in [0.1, 0.15) is 5.01 Å². The van der Waals surface area contributed by atoms with Gasteiger partial charge in [-0.05, 0) is 43.2 Å². The summed E-state index contributed by atoms with van der Waals surface area (Å²) in [7, 11) is -2.32. The lowest BCUT2D eigenvalue weighted by Gasteiger charge is -2.19. The van der Waals surface area contributed by atoms with Gasteiger partial charge in [0.2, 0.25) is 5.13 Å². The van der Waals surface area contributed by atoms with Crippen molar-refractivity contribution in [2.75, 3.05) is 16.7 Å². The molecule has 1 N–H and O–H groups in total. The van der Waals surface area contributed by atoms with Gasteiger partial charge in [-0.1, -0.05) is 49.4 Å². The molecule has 0 spiro atoms. The lowest BCUT2D eigenvalue weighted by molar-refractivity contribution is 0.102. The zero-order valence-electron chi connectivity index (χ0n) is 17.1. The minimum atomic E-state index is -3.81. The summed E-state index contributed by atoms with van der Waals surface area (Å²) in [4.78, 5) is 12.7. The van der Waals surface area contributed by atoms with Crippen LogP contribution in [-0.4, -0.2) is 31.6 Å². The lowest BCUT2D eigenvalue weighted by Crippen LogP contribution is -2.26. The maximum Gasteiger partial charge on any atom is 0.264 e. The molecule has 0 aliphatic rings. The number of rotatable bonds is 8. The molecule has 0 aliphatic heterocycles. The average molecular weight is 445 g/mol. The molecule has 0 saturated heterocycles. The van der Waals surface area contributed by atoms with Gasteiger partial charge >= 0.3 is 0 Å². The van der Waals surface area contributed by atoms with Crippen LogP contribution >= 0.6 is 11.3 Å². The molecule has 0 atom stereocenters. The smallest absolute Gasteiger partial charge is 0.264 e. The van der Waals surface area contributed by atoms with Gasteiger partial charge in [0.25, 0.3) is 15.9 Å². The Bertz CT molecular complexity index is 1110. The Kier molecular flexibility index (Phi) is 6.84. The maximum absolute atomic E-state index is 13.0. The maximum atomic E-state index is 13.0. The van der Waals surface area contributed by atoms with E-state index in [1.54, 1.807) is 36.4 Å². The van der Waals surface area contributed by atoms with Gasteiger partial charge in [0.15, 0.2) is 0 Å². The molecule has 3 aromatic rings. The summed E-state index contributed by atoms with van der Waals surface area (Å²) in [6, 6.07) is 14.7. The van der Waals surface area contributed by atoms with Crippen LogP contribution in [0.3, 0.4) is 0 Å². The molecule has 1 heterocycles. The van der Waals surface area contributed by atoms with E-state index in [1.165, 1.54) is 34.8 Å². The van der Waals surface area contributed by atoms with Crippen LogP contribution < -0.4 is 9.62 Å². The number of sulfonamides is 1. The van der Waals surface area contributed by atoms with Gasteiger partial charge < -0.3 is 0 Å². The summed E-state index contributed by atoms with van der Waals surface area (Å²) >= 11 is 1.34. The van der Waals surface area contributed by atoms with E-state index in [2.05, 4.69) is 29.4 Å². The standard InChI is InChI=1S/C21H24N4O3S2/c1-4-15(5-2)20-23-24-21(29-20)22-19(26)16-10-9-13-18(14-16)30(27,28)25(3)17-11-7-6-8-12-17/h6-15H,4-5H2,1-3H3,(H,22,24,26). The van der Waals surface area contributed by atoms with Gasteiger partial charge in [-0.15, -0.1) is 10.2 Å². The van der Waals surface area contributed by atoms with Crippen molar-refractivity contribution in [1.82, 2.24) is 10.2 Å². The second-order valence-electron chi connectivity index (χ2n) is 6.75. The Labute approximate surface area is 180 Å². The van der Waals surface area contributed by atoms with Crippen LogP contribution in [0.25, 0.3) is 0 Å². The van der Waals surface area contributed by atoms with Crippen molar-refractivity contribution < 1.29 is 13.2 Å². The summed E-state index contributed by atoms with van der Waals surface area (Å²) < 4.78 is 27.2. The van der Waals surface area contributed by atoms with E-state index < -0.39 is 15.9 Å². The molecular weight excluding hydrogens is 420 g/mol. The summed E-state index contributed by atoms with van der Waals surface area (Å²) in [5.41, 5.74) is 0.770. The Balaban J connectivity index is 1.80. The van der Waals surface area contributed by atoms with Crippen LogP contribution in [0.2, 0.25) is 0 Å². The first-order valence-corrected chi connectivity index (χ1v) is 11.9. The molecule has 30 heavy (non-hydrogen) atoms. The quantitative estimate of drug-likeness (QED) is 0.551. The zero-order valence-corrected chi connectivity index (χ0v) is 18.7. The SMILES string of the molecule is CCC(CC)c1nnc(NC(=O)c2cccc(S(=O)(=O)N(C)c3ccccc3)c2)s1. The normalized spacial score (nSPS) is 11.5. The Hall–Kier alpha value is -2.78. The highest BCUT2D eigenvalue weighted by Gasteiger charge is 2.23. The first-order valence-electron chi connectivity index (χ1n) is 9.65. The number of amides is 1. The van der Waals surface area contributed by atoms with Crippen LogP contribution in [0.15, 0.2) is 59.5 Å². The molecule has 0 fully saturated rings. The van der Waals surface area contributed by atoms with Crippen molar-refractivity contribution in [3.05, 3.63) is 65.2 Å². The van der Waals surface area contributed by atoms with E-state index in [0.717, 1.165) is 17.8 Å². The van der Waals surface area contributed by atoms with Crippen LogP contribution in [0.4, 0.5) is 10.8 Å². The predicted molar refractivity (Wildman–Crippen MR) is 120 cm³/mol. The number of para-hydroxylation sites is 1. The Morgan fingerprint density at radius 3 is 2.43 bits per heavy atom. The van der Waals surface area contributed by atoms with Crippen molar-refractivity contribution in [2.24, 2.45) is 0 Å². The zero-order chi connectivity index (χ0) is 21.7. The molecule has 0 radical (unpaired) electrons. The van der Waals surface area contributed by atoms with E-state index in [4.69, 9.17) is 0 Å². The van der Waals surface area contributed by atoms with Gasteiger partial charge in [-0.25, -0.2) is 8.42 Å². The molecule has 3 rings (SSSR count). The molecule has 0 bridgehead atoms. The Morgan fingerprint density at radius 1 is 1.07 bits per heavy atom. The molecule has 0 unspecified atom stereocenters. The summed E-state index contributed by atoms with van der Waals surface area (Å²) in [5, 5.41) is 12.2. The highest BCUT2D eigenvalue weighted by Crippen LogP contribution is 2.28. The lowest BCUT2D eigenvalue weighted by atomic mass is 10.1. The summed E-state index contributed by atoms with van der Waals surface area (Å²) in [5.74, 6) is -0.114. The largest absolute Gasteiger partial charge is 0.296 e. The fourth-order valence-electron chi connectivity index (χ4n) is 2.99. The molecule has 158 valence electrons. The van der Waals surface area contributed by atoms with E-state index >= 15 is 0 Å². The summed E-state index contributed by atoms with van der Waals surface area (Å²) in [6.45, 7) is 4.18. The van der Waals surface area contributed by atoms with Crippen LogP contribution in [0, 0.1) is 0 Å². The second-order valence-corrected chi connectivity index (χ2v) is 9.73. The third-order valence-corrected chi connectivity index (χ3v) is 7.65. The fourth-order valence-corrected chi connectivity index (χ4v) is 5.24. The topological polar surface area (TPSA) is 92.3 Å². The van der Waals surface area contributed by atoms with Gasteiger partial charge in [0.05, 0.1) is 10.6 Å². The third-order valence-electron chi connectivity index (χ3n) is 4.87. The van der Waals surface area contributed by atoms with E-state index in [1.807, 2.05) is 6.07 Å². The molecule has 0 aliphatic carbocycles. The third kappa shape index (κ3) is 4.68. The van der Waals surface area contributed by atoms with Crippen molar-refractivity contribution in [3.63, 3.8) is 0 Å². The van der Waals surface area contributed by atoms with Gasteiger partial charge in [-0.3, -0.25) is 14.4 Å². The van der Waals surface area contributed by atoms with Crippen molar-refractivity contribution in [2.45, 2.75) is 37.5 Å². The molecule has 1 aromatic heterocycles. The number of nitrogens with zero attached hydrogens (tertiary/aromatic N) is 3.